The summed E-state index contributed by atoms with van der Waals surface area (Å²) in [4.78, 5) is 13.6. The van der Waals surface area contributed by atoms with E-state index in [9.17, 15) is 4.79 Å². The Bertz CT molecular complexity index is 182. The van der Waals surface area contributed by atoms with Gasteiger partial charge in [0.25, 0.3) is 0 Å². The molecule has 3 heteroatoms. The highest BCUT2D eigenvalue weighted by atomic mass is 16.2. The van der Waals surface area contributed by atoms with Gasteiger partial charge in [0, 0.05) is 18.1 Å². The molecule has 1 N–H and O–H groups in total. The molecule has 0 heterocycles. The van der Waals surface area contributed by atoms with Crippen molar-refractivity contribution < 1.29 is 4.79 Å². The molecule has 1 amide bonds. The van der Waals surface area contributed by atoms with Gasteiger partial charge in [-0.1, -0.05) is 0 Å². The van der Waals surface area contributed by atoms with E-state index in [0.717, 1.165) is 6.54 Å². The van der Waals surface area contributed by atoms with E-state index in [2.05, 4.69) is 26.1 Å². The van der Waals surface area contributed by atoms with E-state index in [1.807, 2.05) is 25.7 Å². The van der Waals surface area contributed by atoms with Crippen LogP contribution in [-0.2, 0) is 4.79 Å². The van der Waals surface area contributed by atoms with Crippen LogP contribution >= 0.6 is 0 Å². The highest BCUT2D eigenvalue weighted by molar-refractivity contribution is 5.78. The van der Waals surface area contributed by atoms with Crippen LogP contribution in [0, 0.1) is 0 Å². The maximum Gasteiger partial charge on any atom is 0.236 e. The molecular formula is C11H24N2O. The lowest BCUT2D eigenvalue weighted by Gasteiger charge is -2.27. The summed E-state index contributed by atoms with van der Waals surface area (Å²) in [7, 11) is 0. The van der Waals surface area contributed by atoms with Gasteiger partial charge in [-0.15, -0.1) is 0 Å². The number of nitrogens with zero attached hydrogens (tertiary/aromatic N) is 1. The van der Waals surface area contributed by atoms with E-state index >= 15 is 0 Å². The molecule has 0 fully saturated rings. The first kappa shape index (κ1) is 13.4. The number of nitrogens with one attached hydrogen (secondary N) is 1. The average molecular weight is 200 g/mol. The molecule has 0 saturated heterocycles. The molecule has 0 aliphatic rings. The van der Waals surface area contributed by atoms with Crippen LogP contribution in [0.3, 0.4) is 0 Å². The molecule has 0 bridgehead atoms. The summed E-state index contributed by atoms with van der Waals surface area (Å²) < 4.78 is 0. The van der Waals surface area contributed by atoms with Gasteiger partial charge in [0.15, 0.2) is 0 Å². The lowest BCUT2D eigenvalue weighted by molar-refractivity contribution is -0.131. The van der Waals surface area contributed by atoms with E-state index in [1.165, 1.54) is 0 Å². The summed E-state index contributed by atoms with van der Waals surface area (Å²) in [5.74, 6) is 0.178. The van der Waals surface area contributed by atoms with Gasteiger partial charge in [-0.25, -0.2) is 0 Å². The van der Waals surface area contributed by atoms with E-state index in [-0.39, 0.29) is 17.5 Å². The minimum Gasteiger partial charge on any atom is -0.339 e. The van der Waals surface area contributed by atoms with Gasteiger partial charge in [-0.05, 0) is 41.5 Å². The summed E-state index contributed by atoms with van der Waals surface area (Å²) in [5.41, 5.74) is 0.00600. The molecule has 0 rings (SSSR count). The minimum absolute atomic E-state index is 0.00600. The molecule has 0 aromatic rings. The van der Waals surface area contributed by atoms with Gasteiger partial charge in [0.1, 0.15) is 0 Å². The summed E-state index contributed by atoms with van der Waals surface area (Å²) in [5, 5.41) is 3.20. The molecule has 3 nitrogen and oxygen atoms in total. The van der Waals surface area contributed by atoms with Crippen molar-refractivity contribution in [2.45, 2.75) is 53.1 Å². The standard InChI is InChI=1S/C11H24N2O/c1-7-13(9(2)3)10(14)8-12-11(4,5)6/h9,12H,7-8H2,1-6H3. The van der Waals surface area contributed by atoms with E-state index in [1.54, 1.807) is 0 Å². The number of amides is 1. The van der Waals surface area contributed by atoms with Crippen molar-refractivity contribution in [3.63, 3.8) is 0 Å². The van der Waals surface area contributed by atoms with Crippen LogP contribution in [0.1, 0.15) is 41.5 Å². The first-order valence-corrected chi connectivity index (χ1v) is 5.32. The molecule has 0 aliphatic heterocycles. The highest BCUT2D eigenvalue weighted by Gasteiger charge is 2.17. The predicted molar refractivity (Wildman–Crippen MR) is 60.3 cm³/mol. The van der Waals surface area contributed by atoms with Gasteiger partial charge in [-0.3, -0.25) is 4.79 Å². The van der Waals surface area contributed by atoms with Crippen LogP contribution in [0.5, 0.6) is 0 Å². The second kappa shape index (κ2) is 5.35. The Morgan fingerprint density at radius 2 is 1.86 bits per heavy atom. The molecule has 0 aromatic carbocycles. The molecule has 0 aliphatic carbocycles. The first-order chi connectivity index (χ1) is 6.28. The third-order valence-corrected chi connectivity index (χ3v) is 2.05. The lowest BCUT2D eigenvalue weighted by Crippen LogP contribution is -2.46. The van der Waals surface area contributed by atoms with Crippen molar-refractivity contribution in [2.24, 2.45) is 0 Å². The Morgan fingerprint density at radius 3 is 2.14 bits per heavy atom. The number of rotatable bonds is 4. The third kappa shape index (κ3) is 5.22. The molecular weight excluding hydrogens is 176 g/mol. The summed E-state index contributed by atoms with van der Waals surface area (Å²) in [6, 6.07) is 0.286. The van der Waals surface area contributed by atoms with Crippen LogP contribution in [0.4, 0.5) is 0 Å². The van der Waals surface area contributed by atoms with E-state index in [0.29, 0.717) is 6.54 Å². The molecule has 84 valence electrons. The van der Waals surface area contributed by atoms with Crippen molar-refractivity contribution in [3.05, 3.63) is 0 Å². The number of hydrogen-bond donors (Lipinski definition) is 1. The fourth-order valence-corrected chi connectivity index (χ4v) is 1.27. The smallest absolute Gasteiger partial charge is 0.236 e. The van der Waals surface area contributed by atoms with Crippen LogP contribution in [-0.4, -0.2) is 35.5 Å². The molecule has 0 unspecified atom stereocenters. The molecule has 0 spiro atoms. The van der Waals surface area contributed by atoms with Crippen molar-refractivity contribution in [1.82, 2.24) is 10.2 Å². The van der Waals surface area contributed by atoms with Crippen molar-refractivity contribution >= 4 is 5.91 Å². The lowest BCUT2D eigenvalue weighted by atomic mass is 10.1. The Balaban J connectivity index is 4.06. The zero-order valence-corrected chi connectivity index (χ0v) is 10.3. The molecule has 0 radical (unpaired) electrons. The fraction of sp³-hybridized carbons (Fsp3) is 0.909. The Kier molecular flexibility index (Phi) is 5.13. The summed E-state index contributed by atoms with van der Waals surface area (Å²) in [6.07, 6.45) is 0. The largest absolute Gasteiger partial charge is 0.339 e. The normalized spacial score (nSPS) is 11.9. The minimum atomic E-state index is 0.00600. The maximum absolute atomic E-state index is 11.7. The Morgan fingerprint density at radius 1 is 1.36 bits per heavy atom. The topological polar surface area (TPSA) is 32.3 Å². The molecule has 0 saturated carbocycles. The van der Waals surface area contributed by atoms with Crippen LogP contribution in [0.15, 0.2) is 0 Å². The summed E-state index contributed by atoms with van der Waals surface area (Å²) >= 11 is 0. The van der Waals surface area contributed by atoms with Gasteiger partial charge in [0.2, 0.25) is 5.91 Å². The number of carbonyl (C=O) groups excluding carboxylic acids is 1. The second-order valence-electron chi connectivity index (χ2n) is 4.88. The first-order valence-electron chi connectivity index (χ1n) is 5.32. The quantitative estimate of drug-likeness (QED) is 0.748. The molecule has 0 aromatic heterocycles. The zero-order valence-electron chi connectivity index (χ0n) is 10.3. The van der Waals surface area contributed by atoms with Crippen LogP contribution in [0.25, 0.3) is 0 Å². The average Bonchev–Trinajstić information content (AvgIpc) is 2.00. The summed E-state index contributed by atoms with van der Waals surface area (Å²) in [6.45, 7) is 13.5. The number of carbonyl (C=O) groups is 1. The van der Waals surface area contributed by atoms with Crippen LogP contribution in [0.2, 0.25) is 0 Å². The Labute approximate surface area is 87.9 Å². The predicted octanol–water partition coefficient (Wildman–Crippen LogP) is 1.63. The zero-order chi connectivity index (χ0) is 11.4. The van der Waals surface area contributed by atoms with Gasteiger partial charge in [-0.2, -0.15) is 0 Å². The van der Waals surface area contributed by atoms with E-state index < -0.39 is 0 Å². The van der Waals surface area contributed by atoms with Crippen molar-refractivity contribution in [2.75, 3.05) is 13.1 Å². The van der Waals surface area contributed by atoms with E-state index in [4.69, 9.17) is 0 Å². The number of likely N-dealkylation sites (N-methyl/N-ethyl adjacent to an activating group) is 1. The van der Waals surface area contributed by atoms with Crippen molar-refractivity contribution in [3.8, 4) is 0 Å². The van der Waals surface area contributed by atoms with Gasteiger partial charge in [0.05, 0.1) is 6.54 Å². The fourth-order valence-electron chi connectivity index (χ4n) is 1.27. The SMILES string of the molecule is CCN(C(=O)CNC(C)(C)C)C(C)C. The Hall–Kier alpha value is -0.570. The van der Waals surface area contributed by atoms with Gasteiger partial charge < -0.3 is 10.2 Å². The van der Waals surface area contributed by atoms with Gasteiger partial charge >= 0.3 is 0 Å². The van der Waals surface area contributed by atoms with Crippen LogP contribution < -0.4 is 5.32 Å². The maximum atomic E-state index is 11.7. The molecule has 14 heavy (non-hydrogen) atoms. The highest BCUT2D eigenvalue weighted by Crippen LogP contribution is 2.01. The molecule has 0 atom stereocenters. The second-order valence-corrected chi connectivity index (χ2v) is 4.88. The monoisotopic (exact) mass is 200 g/mol. The number of hydrogen-bond acceptors (Lipinski definition) is 2. The van der Waals surface area contributed by atoms with Crippen molar-refractivity contribution in [1.29, 1.82) is 0 Å². The third-order valence-electron chi connectivity index (χ3n) is 2.05.